The molecule has 1 aromatic heterocycles. The van der Waals surface area contributed by atoms with Gasteiger partial charge in [0.15, 0.2) is 5.70 Å². The monoisotopic (exact) mass is 351 g/mol. The molecular weight excluding hydrogens is 326 g/mol. The highest BCUT2D eigenvalue weighted by Crippen LogP contribution is 2.26. The molecular formula is C21H25N3O2. The van der Waals surface area contributed by atoms with E-state index in [1.54, 1.807) is 10.8 Å². The Morgan fingerprint density at radius 3 is 2.38 bits per heavy atom. The van der Waals surface area contributed by atoms with Crippen molar-refractivity contribution in [3.05, 3.63) is 58.5 Å². The van der Waals surface area contributed by atoms with E-state index in [2.05, 4.69) is 44.7 Å². The third-order valence-corrected chi connectivity index (χ3v) is 4.34. The molecule has 2 aromatic rings. The zero-order chi connectivity index (χ0) is 19.1. The molecule has 0 N–H and O–H groups in total. The molecule has 0 radical (unpaired) electrons. The van der Waals surface area contributed by atoms with Crippen molar-refractivity contribution in [2.75, 3.05) is 0 Å². The minimum atomic E-state index is -0.432. The first kappa shape index (κ1) is 18.1. The van der Waals surface area contributed by atoms with E-state index in [9.17, 15) is 4.79 Å². The maximum atomic E-state index is 12.2. The Morgan fingerprint density at radius 1 is 1.15 bits per heavy atom. The van der Waals surface area contributed by atoms with Gasteiger partial charge in [-0.1, -0.05) is 46.8 Å². The van der Waals surface area contributed by atoms with Gasteiger partial charge in [-0.05, 0) is 35.1 Å². The van der Waals surface area contributed by atoms with E-state index in [0.717, 1.165) is 16.8 Å². The number of aliphatic imine (C=N–C) groups is 1. The van der Waals surface area contributed by atoms with Crippen LogP contribution in [0.25, 0.3) is 6.08 Å². The van der Waals surface area contributed by atoms with Crippen LogP contribution in [-0.2, 0) is 22.0 Å². The topological polar surface area (TPSA) is 56.5 Å². The zero-order valence-electron chi connectivity index (χ0n) is 16.2. The molecule has 1 aliphatic heterocycles. The van der Waals surface area contributed by atoms with Crippen molar-refractivity contribution in [3.63, 3.8) is 0 Å². The summed E-state index contributed by atoms with van der Waals surface area (Å²) >= 11 is 0. The Bertz CT molecular complexity index is 894. The molecule has 136 valence electrons. The van der Waals surface area contributed by atoms with Gasteiger partial charge in [-0.25, -0.2) is 9.79 Å². The summed E-state index contributed by atoms with van der Waals surface area (Å²) in [5.74, 6) is 0.170. The van der Waals surface area contributed by atoms with Crippen LogP contribution in [0.1, 0.15) is 62.9 Å². The summed E-state index contributed by atoms with van der Waals surface area (Å²) < 4.78 is 7.13. The molecule has 2 heterocycles. The first-order chi connectivity index (χ1) is 12.1. The molecule has 0 bridgehead atoms. The van der Waals surface area contributed by atoms with Gasteiger partial charge in [-0.2, -0.15) is 5.10 Å². The van der Waals surface area contributed by atoms with E-state index in [1.165, 1.54) is 5.56 Å². The summed E-state index contributed by atoms with van der Waals surface area (Å²) in [4.78, 5) is 16.6. The average Bonchev–Trinajstić information content (AvgIpc) is 3.10. The molecule has 3 rings (SSSR count). The molecule has 26 heavy (non-hydrogen) atoms. The molecule has 5 nitrogen and oxygen atoms in total. The van der Waals surface area contributed by atoms with Gasteiger partial charge in [0.1, 0.15) is 0 Å². The maximum Gasteiger partial charge on any atom is 0.363 e. The normalized spacial score (nSPS) is 16.3. The molecule has 0 amide bonds. The average molecular weight is 351 g/mol. The molecule has 0 spiro atoms. The number of hydrogen-bond donors (Lipinski definition) is 0. The fraction of sp³-hybridized carbons (Fsp3) is 0.381. The van der Waals surface area contributed by atoms with Gasteiger partial charge in [0.25, 0.3) is 0 Å². The van der Waals surface area contributed by atoms with E-state index in [-0.39, 0.29) is 11.3 Å². The molecule has 0 saturated heterocycles. The van der Waals surface area contributed by atoms with Crippen LogP contribution in [0, 0.1) is 0 Å². The number of ether oxygens (including phenoxy) is 1. The van der Waals surface area contributed by atoms with Crippen LogP contribution in [0.3, 0.4) is 0 Å². The van der Waals surface area contributed by atoms with Crippen molar-refractivity contribution < 1.29 is 9.53 Å². The summed E-state index contributed by atoms with van der Waals surface area (Å²) in [6, 6.07) is 7.98. The summed E-state index contributed by atoms with van der Waals surface area (Å²) in [6.07, 6.45) is 3.64. The highest BCUT2D eigenvalue weighted by molar-refractivity contribution is 6.12. The number of cyclic esters (lactones) is 1. The first-order valence-corrected chi connectivity index (χ1v) is 8.82. The van der Waals surface area contributed by atoms with Crippen LogP contribution in [0.4, 0.5) is 0 Å². The van der Waals surface area contributed by atoms with Crippen LogP contribution in [0.5, 0.6) is 0 Å². The fourth-order valence-corrected chi connectivity index (χ4v) is 2.88. The smallest absolute Gasteiger partial charge is 0.363 e. The SMILES string of the molecule is CC(C)c1nn(C)cc1/C=C1\N=C(c2ccc(C(C)(C)C)cc2)OC1=O. The summed E-state index contributed by atoms with van der Waals surface area (Å²) in [7, 11) is 1.87. The number of esters is 1. The number of carbonyl (C=O) groups excluding carboxylic acids is 1. The van der Waals surface area contributed by atoms with Gasteiger partial charge in [0, 0.05) is 24.4 Å². The Kier molecular flexibility index (Phi) is 4.57. The lowest BCUT2D eigenvalue weighted by atomic mass is 9.87. The number of aromatic nitrogens is 2. The number of benzene rings is 1. The molecule has 1 aromatic carbocycles. The van der Waals surface area contributed by atoms with Crippen molar-refractivity contribution in [1.82, 2.24) is 9.78 Å². The molecule has 0 atom stereocenters. The summed E-state index contributed by atoms with van der Waals surface area (Å²) in [5.41, 5.74) is 4.22. The Hall–Kier alpha value is -2.69. The van der Waals surface area contributed by atoms with E-state index < -0.39 is 5.97 Å². The third kappa shape index (κ3) is 3.62. The van der Waals surface area contributed by atoms with Gasteiger partial charge in [-0.15, -0.1) is 0 Å². The maximum absolute atomic E-state index is 12.2. The van der Waals surface area contributed by atoms with Gasteiger partial charge in [0.05, 0.1) is 5.69 Å². The molecule has 0 aliphatic carbocycles. The summed E-state index contributed by atoms with van der Waals surface area (Å²) in [5, 5.41) is 4.46. The number of aryl methyl sites for hydroxylation is 1. The number of hydrogen-bond acceptors (Lipinski definition) is 4. The quantitative estimate of drug-likeness (QED) is 0.615. The van der Waals surface area contributed by atoms with E-state index >= 15 is 0 Å². The van der Waals surface area contributed by atoms with Crippen molar-refractivity contribution in [2.45, 2.75) is 46.0 Å². The Labute approximate surface area is 154 Å². The Balaban J connectivity index is 1.92. The number of rotatable bonds is 3. The van der Waals surface area contributed by atoms with Crippen LogP contribution in [0.2, 0.25) is 0 Å². The highest BCUT2D eigenvalue weighted by atomic mass is 16.6. The third-order valence-electron chi connectivity index (χ3n) is 4.34. The lowest BCUT2D eigenvalue weighted by Gasteiger charge is -2.18. The second kappa shape index (κ2) is 6.56. The van der Waals surface area contributed by atoms with Gasteiger partial charge >= 0.3 is 5.97 Å². The van der Waals surface area contributed by atoms with Crippen molar-refractivity contribution in [1.29, 1.82) is 0 Å². The predicted octanol–water partition coefficient (Wildman–Crippen LogP) is 4.19. The van der Waals surface area contributed by atoms with E-state index in [1.807, 2.05) is 37.5 Å². The minimum Gasteiger partial charge on any atom is -0.402 e. The largest absolute Gasteiger partial charge is 0.402 e. The van der Waals surface area contributed by atoms with Crippen molar-refractivity contribution in [2.24, 2.45) is 12.0 Å². The number of carbonyl (C=O) groups is 1. The lowest BCUT2D eigenvalue weighted by molar-refractivity contribution is -0.129. The van der Waals surface area contributed by atoms with Crippen LogP contribution in [-0.4, -0.2) is 21.6 Å². The Morgan fingerprint density at radius 2 is 1.81 bits per heavy atom. The lowest BCUT2D eigenvalue weighted by Crippen LogP contribution is -2.11. The standard InChI is InChI=1S/C21H25N3O2/c1-13(2)18-15(12-24(6)23-18)11-17-20(25)26-19(22-17)14-7-9-16(10-8-14)21(3,4)5/h7-13H,1-6H3/b17-11-. The molecule has 5 heteroatoms. The number of nitrogens with zero attached hydrogens (tertiary/aromatic N) is 3. The second-order valence-electron chi connectivity index (χ2n) is 7.96. The highest BCUT2D eigenvalue weighted by Gasteiger charge is 2.25. The van der Waals surface area contributed by atoms with Crippen molar-refractivity contribution in [3.8, 4) is 0 Å². The van der Waals surface area contributed by atoms with E-state index in [0.29, 0.717) is 11.6 Å². The molecule has 0 unspecified atom stereocenters. The predicted molar refractivity (Wildman–Crippen MR) is 103 cm³/mol. The first-order valence-electron chi connectivity index (χ1n) is 8.82. The van der Waals surface area contributed by atoms with Gasteiger partial charge in [-0.3, -0.25) is 4.68 Å². The van der Waals surface area contributed by atoms with Crippen LogP contribution < -0.4 is 0 Å². The van der Waals surface area contributed by atoms with Crippen LogP contribution >= 0.6 is 0 Å². The molecule has 1 aliphatic rings. The van der Waals surface area contributed by atoms with Crippen molar-refractivity contribution >= 4 is 17.9 Å². The summed E-state index contributed by atoms with van der Waals surface area (Å²) in [6.45, 7) is 10.6. The zero-order valence-corrected chi connectivity index (χ0v) is 16.2. The molecule has 0 saturated carbocycles. The van der Waals surface area contributed by atoms with Gasteiger partial charge < -0.3 is 4.74 Å². The molecule has 0 fully saturated rings. The van der Waals surface area contributed by atoms with Gasteiger partial charge in [0.2, 0.25) is 5.90 Å². The second-order valence-corrected chi connectivity index (χ2v) is 7.96. The fourth-order valence-electron chi connectivity index (χ4n) is 2.88. The minimum absolute atomic E-state index is 0.0747. The van der Waals surface area contributed by atoms with Crippen LogP contribution in [0.15, 0.2) is 41.2 Å². The van der Waals surface area contributed by atoms with E-state index in [4.69, 9.17) is 4.74 Å².